The minimum Gasteiger partial charge on any atom is -0.378 e. The van der Waals surface area contributed by atoms with Gasteiger partial charge in [-0.2, -0.15) is 5.10 Å². The Hall–Kier alpha value is -2.64. The Bertz CT molecular complexity index is 1010. The molecule has 3 heterocycles. The molecule has 0 radical (unpaired) electrons. The minimum absolute atomic E-state index is 0.201. The molecule has 3 aromatic rings. The van der Waals surface area contributed by atoms with Gasteiger partial charge >= 0.3 is 0 Å². The van der Waals surface area contributed by atoms with Gasteiger partial charge in [0.25, 0.3) is 5.91 Å². The summed E-state index contributed by atoms with van der Waals surface area (Å²) in [4.78, 5) is 19.5. The lowest BCUT2D eigenvalue weighted by Gasteiger charge is -2.31. The number of fused-ring (bicyclic) bond motifs is 1. The average molecular weight is 400 g/mol. The molecule has 28 heavy (non-hydrogen) atoms. The van der Waals surface area contributed by atoms with E-state index in [0.29, 0.717) is 29.5 Å². The highest BCUT2D eigenvalue weighted by Crippen LogP contribution is 2.34. The second-order valence-corrected chi connectivity index (χ2v) is 7.42. The van der Waals surface area contributed by atoms with Gasteiger partial charge in [-0.25, -0.2) is 9.67 Å². The normalized spacial score (nSPS) is 14.6. The SMILES string of the molecule is CC(C)n1ncc2cc(C(=O)Nc3cccc(Cl)c3N3CCOCC3)cnc21. The third-order valence-corrected chi connectivity index (χ3v) is 5.05. The van der Waals surface area contributed by atoms with Gasteiger partial charge in [-0.05, 0) is 32.0 Å². The molecule has 0 aliphatic carbocycles. The summed E-state index contributed by atoms with van der Waals surface area (Å²) in [5, 5.41) is 8.78. The Morgan fingerprint density at radius 1 is 1.25 bits per heavy atom. The molecule has 0 bridgehead atoms. The smallest absolute Gasteiger partial charge is 0.257 e. The molecule has 146 valence electrons. The molecule has 4 rings (SSSR count). The Morgan fingerprint density at radius 3 is 2.79 bits per heavy atom. The van der Waals surface area contributed by atoms with Crippen molar-refractivity contribution in [3.63, 3.8) is 0 Å². The number of para-hydroxylation sites is 1. The highest BCUT2D eigenvalue weighted by atomic mass is 35.5. The van der Waals surface area contributed by atoms with E-state index in [0.717, 1.165) is 29.8 Å². The molecule has 1 aliphatic rings. The molecule has 0 atom stereocenters. The van der Waals surface area contributed by atoms with Crippen LogP contribution in [0.5, 0.6) is 0 Å². The van der Waals surface area contributed by atoms with Crippen LogP contribution in [0.2, 0.25) is 5.02 Å². The van der Waals surface area contributed by atoms with Crippen LogP contribution in [0.1, 0.15) is 30.2 Å². The van der Waals surface area contributed by atoms with Crippen molar-refractivity contribution in [2.45, 2.75) is 19.9 Å². The largest absolute Gasteiger partial charge is 0.378 e. The number of hydrogen-bond acceptors (Lipinski definition) is 5. The molecule has 1 N–H and O–H groups in total. The molecule has 7 nitrogen and oxygen atoms in total. The molecule has 1 aromatic carbocycles. The van der Waals surface area contributed by atoms with Crippen LogP contribution in [0.4, 0.5) is 11.4 Å². The molecular weight excluding hydrogens is 378 g/mol. The molecule has 1 aliphatic heterocycles. The van der Waals surface area contributed by atoms with Crippen molar-refractivity contribution in [2.24, 2.45) is 0 Å². The highest BCUT2D eigenvalue weighted by molar-refractivity contribution is 6.34. The van der Waals surface area contributed by atoms with Crippen LogP contribution in [0, 0.1) is 0 Å². The van der Waals surface area contributed by atoms with Crippen molar-refractivity contribution in [1.29, 1.82) is 0 Å². The minimum atomic E-state index is -0.233. The number of hydrogen-bond donors (Lipinski definition) is 1. The zero-order valence-electron chi connectivity index (χ0n) is 15.9. The molecule has 1 fully saturated rings. The molecule has 0 saturated carbocycles. The second kappa shape index (κ2) is 7.77. The maximum Gasteiger partial charge on any atom is 0.257 e. The van der Waals surface area contributed by atoms with Crippen LogP contribution < -0.4 is 10.2 Å². The van der Waals surface area contributed by atoms with Crippen molar-refractivity contribution >= 4 is 39.9 Å². The number of nitrogens with zero attached hydrogens (tertiary/aromatic N) is 4. The van der Waals surface area contributed by atoms with Gasteiger partial charge in [-0.3, -0.25) is 4.79 Å². The van der Waals surface area contributed by atoms with E-state index in [4.69, 9.17) is 16.3 Å². The van der Waals surface area contributed by atoms with Crippen LogP contribution in [0.3, 0.4) is 0 Å². The quantitative estimate of drug-likeness (QED) is 0.723. The van der Waals surface area contributed by atoms with Gasteiger partial charge in [0.2, 0.25) is 0 Å². The first kappa shape index (κ1) is 18.7. The first-order chi connectivity index (χ1) is 13.5. The van der Waals surface area contributed by atoms with Crippen LogP contribution >= 0.6 is 11.6 Å². The van der Waals surface area contributed by atoms with Gasteiger partial charge in [0, 0.05) is 30.7 Å². The average Bonchev–Trinajstić information content (AvgIpc) is 3.12. The first-order valence-corrected chi connectivity index (χ1v) is 9.68. The van der Waals surface area contributed by atoms with E-state index in [-0.39, 0.29) is 11.9 Å². The lowest BCUT2D eigenvalue weighted by atomic mass is 10.2. The summed E-state index contributed by atoms with van der Waals surface area (Å²) in [6, 6.07) is 7.53. The van der Waals surface area contributed by atoms with Crippen molar-refractivity contribution < 1.29 is 9.53 Å². The number of pyridine rings is 1. The number of anilines is 2. The Kier molecular flexibility index (Phi) is 5.19. The highest BCUT2D eigenvalue weighted by Gasteiger charge is 2.20. The Balaban J connectivity index is 1.62. The molecule has 0 unspecified atom stereocenters. The number of benzene rings is 1. The molecule has 8 heteroatoms. The first-order valence-electron chi connectivity index (χ1n) is 9.30. The third-order valence-electron chi connectivity index (χ3n) is 4.75. The summed E-state index contributed by atoms with van der Waals surface area (Å²) < 4.78 is 7.26. The maximum absolute atomic E-state index is 12.9. The monoisotopic (exact) mass is 399 g/mol. The standard InChI is InChI=1S/C20H22ClN5O2/c1-13(2)26-19-14(12-23-26)10-15(11-22-19)20(27)24-17-5-3-4-16(21)18(17)25-6-8-28-9-7-25/h3-5,10-13H,6-9H2,1-2H3,(H,24,27). The van der Waals surface area contributed by atoms with Gasteiger partial charge in [-0.15, -0.1) is 0 Å². The molecule has 1 saturated heterocycles. The van der Waals surface area contributed by atoms with Crippen molar-refractivity contribution in [1.82, 2.24) is 14.8 Å². The number of halogens is 1. The predicted octanol–water partition coefficient (Wildman–Crippen LogP) is 3.75. The van der Waals surface area contributed by atoms with Crippen LogP contribution in [0.25, 0.3) is 11.0 Å². The van der Waals surface area contributed by atoms with Crippen LogP contribution in [0.15, 0.2) is 36.7 Å². The van der Waals surface area contributed by atoms with Gasteiger partial charge in [0.1, 0.15) is 0 Å². The van der Waals surface area contributed by atoms with E-state index < -0.39 is 0 Å². The zero-order valence-corrected chi connectivity index (χ0v) is 16.6. The summed E-state index contributed by atoms with van der Waals surface area (Å²) in [5.74, 6) is -0.233. The van der Waals surface area contributed by atoms with E-state index in [1.807, 2.05) is 42.8 Å². The topological polar surface area (TPSA) is 72.3 Å². The number of carbonyl (C=O) groups excluding carboxylic acids is 1. The van der Waals surface area contributed by atoms with Gasteiger partial charge in [0.15, 0.2) is 5.65 Å². The van der Waals surface area contributed by atoms with E-state index >= 15 is 0 Å². The number of rotatable bonds is 4. The van der Waals surface area contributed by atoms with E-state index in [1.165, 1.54) is 0 Å². The van der Waals surface area contributed by atoms with Gasteiger partial charge in [0.05, 0.1) is 41.4 Å². The number of nitrogens with one attached hydrogen (secondary N) is 1. The summed E-state index contributed by atoms with van der Waals surface area (Å²) in [7, 11) is 0. The summed E-state index contributed by atoms with van der Waals surface area (Å²) >= 11 is 6.45. The van der Waals surface area contributed by atoms with E-state index in [2.05, 4.69) is 20.3 Å². The van der Waals surface area contributed by atoms with Crippen molar-refractivity contribution in [3.05, 3.63) is 47.2 Å². The van der Waals surface area contributed by atoms with Crippen LogP contribution in [-0.4, -0.2) is 47.0 Å². The molecule has 2 aromatic heterocycles. The predicted molar refractivity (Wildman–Crippen MR) is 110 cm³/mol. The molecule has 0 spiro atoms. The number of ether oxygens (including phenoxy) is 1. The van der Waals surface area contributed by atoms with Gasteiger partial charge in [-0.1, -0.05) is 17.7 Å². The number of amides is 1. The summed E-state index contributed by atoms with van der Waals surface area (Å²) in [6.45, 7) is 6.82. The van der Waals surface area contributed by atoms with Gasteiger partial charge < -0.3 is 15.0 Å². The molecular formula is C20H22ClN5O2. The summed E-state index contributed by atoms with van der Waals surface area (Å²) in [6.07, 6.45) is 3.31. The lowest BCUT2D eigenvalue weighted by Crippen LogP contribution is -2.37. The van der Waals surface area contributed by atoms with Crippen molar-refractivity contribution in [3.8, 4) is 0 Å². The number of morpholine rings is 1. The fourth-order valence-electron chi connectivity index (χ4n) is 3.36. The lowest BCUT2D eigenvalue weighted by molar-refractivity contribution is 0.102. The molecule has 1 amide bonds. The second-order valence-electron chi connectivity index (χ2n) is 7.01. The Labute approximate surface area is 168 Å². The fraction of sp³-hybridized carbons (Fsp3) is 0.350. The Morgan fingerprint density at radius 2 is 2.04 bits per heavy atom. The fourth-order valence-corrected chi connectivity index (χ4v) is 3.66. The van der Waals surface area contributed by atoms with Crippen molar-refractivity contribution in [2.75, 3.05) is 36.5 Å². The number of carbonyl (C=O) groups is 1. The van der Waals surface area contributed by atoms with Crippen LogP contribution in [-0.2, 0) is 4.74 Å². The number of aromatic nitrogens is 3. The van der Waals surface area contributed by atoms with E-state index in [9.17, 15) is 4.79 Å². The maximum atomic E-state index is 12.9. The third kappa shape index (κ3) is 3.55. The zero-order chi connectivity index (χ0) is 19.7. The summed E-state index contributed by atoms with van der Waals surface area (Å²) in [5.41, 5.74) is 2.74. The van der Waals surface area contributed by atoms with E-state index in [1.54, 1.807) is 12.4 Å².